The SMILES string of the molecule is CCOC(C)(C)C(Br)CC/C(C)=C/CO. The van der Waals surface area contributed by atoms with E-state index >= 15 is 0 Å². The van der Waals surface area contributed by atoms with Gasteiger partial charge in [-0.1, -0.05) is 27.6 Å². The highest BCUT2D eigenvalue weighted by Gasteiger charge is 2.27. The Morgan fingerprint density at radius 1 is 1.53 bits per heavy atom. The quantitative estimate of drug-likeness (QED) is 0.572. The highest BCUT2D eigenvalue weighted by Crippen LogP contribution is 2.27. The minimum Gasteiger partial charge on any atom is -0.392 e. The van der Waals surface area contributed by atoms with Crippen molar-refractivity contribution in [2.45, 2.75) is 51.0 Å². The minimum absolute atomic E-state index is 0.131. The fourth-order valence-electron chi connectivity index (χ4n) is 1.42. The van der Waals surface area contributed by atoms with Crippen LogP contribution in [0.3, 0.4) is 0 Å². The van der Waals surface area contributed by atoms with Gasteiger partial charge in [0.15, 0.2) is 0 Å². The maximum atomic E-state index is 8.73. The molecule has 90 valence electrons. The van der Waals surface area contributed by atoms with E-state index in [1.165, 1.54) is 5.57 Å². The largest absolute Gasteiger partial charge is 0.392 e. The molecule has 1 unspecified atom stereocenters. The zero-order valence-electron chi connectivity index (χ0n) is 10.2. The zero-order chi connectivity index (χ0) is 11.9. The van der Waals surface area contributed by atoms with Gasteiger partial charge in [-0.05, 0) is 40.5 Å². The van der Waals surface area contributed by atoms with Crippen molar-refractivity contribution in [1.82, 2.24) is 0 Å². The molecule has 0 aliphatic rings. The van der Waals surface area contributed by atoms with Gasteiger partial charge in [0.25, 0.3) is 0 Å². The predicted octanol–water partition coefficient (Wildman–Crippen LogP) is 3.28. The number of aliphatic hydroxyl groups excluding tert-OH is 1. The van der Waals surface area contributed by atoms with Crippen molar-refractivity contribution in [2.24, 2.45) is 0 Å². The topological polar surface area (TPSA) is 29.5 Å². The Labute approximate surface area is 102 Å². The smallest absolute Gasteiger partial charge is 0.0750 e. The zero-order valence-corrected chi connectivity index (χ0v) is 11.8. The summed E-state index contributed by atoms with van der Waals surface area (Å²) in [5.74, 6) is 0. The van der Waals surface area contributed by atoms with Gasteiger partial charge in [0.1, 0.15) is 0 Å². The van der Waals surface area contributed by atoms with Crippen molar-refractivity contribution in [3.8, 4) is 0 Å². The van der Waals surface area contributed by atoms with E-state index in [2.05, 4.69) is 29.8 Å². The Balaban J connectivity index is 4.02. The van der Waals surface area contributed by atoms with Gasteiger partial charge in [0.05, 0.1) is 12.2 Å². The van der Waals surface area contributed by atoms with Crippen molar-refractivity contribution in [3.05, 3.63) is 11.6 Å². The molecule has 1 N–H and O–H groups in total. The molecule has 0 aliphatic carbocycles. The third-order valence-corrected chi connectivity index (χ3v) is 4.06. The normalized spacial score (nSPS) is 15.5. The highest BCUT2D eigenvalue weighted by atomic mass is 79.9. The fourth-order valence-corrected chi connectivity index (χ4v) is 1.78. The summed E-state index contributed by atoms with van der Waals surface area (Å²) in [6.07, 6.45) is 3.87. The number of aliphatic hydroxyl groups is 1. The summed E-state index contributed by atoms with van der Waals surface area (Å²) in [5, 5.41) is 8.73. The average molecular weight is 279 g/mol. The van der Waals surface area contributed by atoms with Crippen molar-refractivity contribution < 1.29 is 9.84 Å². The lowest BCUT2D eigenvalue weighted by molar-refractivity contribution is -0.0110. The third-order valence-electron chi connectivity index (χ3n) is 2.50. The standard InChI is InChI=1S/C12H23BrO2/c1-5-15-12(3,4)11(13)7-6-10(2)8-9-14/h8,11,14H,5-7,9H2,1-4H3/b10-8+. The first-order valence-corrected chi connectivity index (χ1v) is 6.40. The Morgan fingerprint density at radius 3 is 2.60 bits per heavy atom. The van der Waals surface area contributed by atoms with E-state index in [0.29, 0.717) is 4.83 Å². The number of hydrogen-bond donors (Lipinski definition) is 1. The van der Waals surface area contributed by atoms with Gasteiger partial charge >= 0.3 is 0 Å². The molecule has 0 saturated heterocycles. The summed E-state index contributed by atoms with van der Waals surface area (Å²) in [5.41, 5.74) is 1.10. The maximum absolute atomic E-state index is 8.73. The Bertz CT molecular complexity index is 200. The molecule has 0 bridgehead atoms. The summed E-state index contributed by atoms with van der Waals surface area (Å²) >= 11 is 3.67. The van der Waals surface area contributed by atoms with Gasteiger partial charge in [-0.2, -0.15) is 0 Å². The van der Waals surface area contributed by atoms with Gasteiger partial charge in [-0.3, -0.25) is 0 Å². The molecule has 1 atom stereocenters. The molecule has 0 aliphatic heterocycles. The molecule has 0 fully saturated rings. The lowest BCUT2D eigenvalue weighted by Gasteiger charge is -2.30. The lowest BCUT2D eigenvalue weighted by Crippen LogP contribution is -2.35. The number of alkyl halides is 1. The molecular weight excluding hydrogens is 256 g/mol. The Morgan fingerprint density at radius 2 is 2.13 bits per heavy atom. The molecule has 0 saturated carbocycles. The molecule has 15 heavy (non-hydrogen) atoms. The third kappa shape index (κ3) is 6.33. The second-order valence-electron chi connectivity index (χ2n) is 4.28. The summed E-state index contributed by atoms with van der Waals surface area (Å²) in [6.45, 7) is 9.12. The van der Waals surface area contributed by atoms with Crippen LogP contribution in [0, 0.1) is 0 Å². The fraction of sp³-hybridized carbons (Fsp3) is 0.833. The molecule has 0 aromatic carbocycles. The van der Waals surface area contributed by atoms with E-state index < -0.39 is 0 Å². The van der Waals surface area contributed by atoms with Crippen LogP contribution in [0.5, 0.6) is 0 Å². The molecule has 0 amide bonds. The van der Waals surface area contributed by atoms with Crippen LogP contribution in [0.2, 0.25) is 0 Å². The summed E-state index contributed by atoms with van der Waals surface area (Å²) in [6, 6.07) is 0. The number of halogens is 1. The summed E-state index contributed by atoms with van der Waals surface area (Å²) < 4.78 is 5.67. The average Bonchev–Trinajstić information content (AvgIpc) is 2.14. The van der Waals surface area contributed by atoms with Crippen LogP contribution in [-0.4, -0.2) is 28.7 Å². The van der Waals surface area contributed by atoms with Crippen LogP contribution in [-0.2, 0) is 4.74 Å². The van der Waals surface area contributed by atoms with Crippen molar-refractivity contribution in [3.63, 3.8) is 0 Å². The molecule has 0 rings (SSSR count). The second-order valence-corrected chi connectivity index (χ2v) is 5.38. The molecule has 0 heterocycles. The molecule has 0 spiro atoms. The summed E-state index contributed by atoms with van der Waals surface area (Å²) in [7, 11) is 0. The number of hydrogen-bond acceptors (Lipinski definition) is 2. The Kier molecular flexibility index (Phi) is 7.49. The van der Waals surface area contributed by atoms with Crippen LogP contribution in [0.25, 0.3) is 0 Å². The van der Waals surface area contributed by atoms with Gasteiger partial charge in [-0.25, -0.2) is 0 Å². The number of rotatable bonds is 7. The first-order chi connectivity index (χ1) is 6.94. The monoisotopic (exact) mass is 278 g/mol. The molecule has 2 nitrogen and oxygen atoms in total. The van der Waals surface area contributed by atoms with Crippen molar-refractivity contribution in [1.29, 1.82) is 0 Å². The minimum atomic E-state index is -0.131. The van der Waals surface area contributed by atoms with Crippen LogP contribution < -0.4 is 0 Å². The maximum Gasteiger partial charge on any atom is 0.0750 e. The van der Waals surface area contributed by atoms with E-state index in [4.69, 9.17) is 9.84 Å². The molecule has 0 radical (unpaired) electrons. The van der Waals surface area contributed by atoms with Gasteiger partial charge in [-0.15, -0.1) is 0 Å². The first kappa shape index (κ1) is 15.1. The van der Waals surface area contributed by atoms with Gasteiger partial charge < -0.3 is 9.84 Å². The Hall–Kier alpha value is 0.140. The lowest BCUT2D eigenvalue weighted by atomic mass is 9.99. The first-order valence-electron chi connectivity index (χ1n) is 5.48. The number of allylic oxidation sites excluding steroid dienone is 1. The van der Waals surface area contributed by atoms with E-state index in [-0.39, 0.29) is 12.2 Å². The highest BCUT2D eigenvalue weighted by molar-refractivity contribution is 9.09. The van der Waals surface area contributed by atoms with Gasteiger partial charge in [0.2, 0.25) is 0 Å². The summed E-state index contributed by atoms with van der Waals surface area (Å²) in [4.78, 5) is 0.340. The number of ether oxygens (including phenoxy) is 1. The molecule has 0 aromatic heterocycles. The molecule has 0 aromatic rings. The van der Waals surface area contributed by atoms with E-state index in [0.717, 1.165) is 19.4 Å². The second kappa shape index (κ2) is 7.42. The van der Waals surface area contributed by atoms with E-state index in [1.807, 2.05) is 19.9 Å². The van der Waals surface area contributed by atoms with Crippen LogP contribution in [0.15, 0.2) is 11.6 Å². The van der Waals surface area contributed by atoms with Crippen molar-refractivity contribution >= 4 is 15.9 Å². The molecular formula is C12H23BrO2. The van der Waals surface area contributed by atoms with E-state index in [1.54, 1.807) is 0 Å². The van der Waals surface area contributed by atoms with Crippen LogP contribution in [0.4, 0.5) is 0 Å². The molecule has 3 heteroatoms. The van der Waals surface area contributed by atoms with Gasteiger partial charge in [0, 0.05) is 11.4 Å². The predicted molar refractivity (Wildman–Crippen MR) is 68.5 cm³/mol. The van der Waals surface area contributed by atoms with E-state index in [9.17, 15) is 0 Å². The van der Waals surface area contributed by atoms with Crippen molar-refractivity contribution in [2.75, 3.05) is 13.2 Å². The van der Waals surface area contributed by atoms with Crippen LogP contribution in [0.1, 0.15) is 40.5 Å². The van der Waals surface area contributed by atoms with Crippen LogP contribution >= 0.6 is 15.9 Å².